The van der Waals surface area contributed by atoms with Crippen LogP contribution < -0.4 is 5.32 Å². The molecule has 0 saturated carbocycles. The lowest BCUT2D eigenvalue weighted by Gasteiger charge is -2.53. The topological polar surface area (TPSA) is 98.9 Å². The molecule has 2 aliphatic heterocycles. The van der Waals surface area contributed by atoms with Gasteiger partial charge in [0.15, 0.2) is 0 Å². The van der Waals surface area contributed by atoms with E-state index in [1.54, 1.807) is 0 Å². The molecule has 3 aliphatic rings. The lowest BCUT2D eigenvalue weighted by molar-refractivity contribution is -0.144. The summed E-state index contributed by atoms with van der Waals surface area (Å²) in [4.78, 5) is 26.8. The van der Waals surface area contributed by atoms with Gasteiger partial charge in [-0.05, 0) is 78.9 Å². The van der Waals surface area contributed by atoms with Gasteiger partial charge in [0.25, 0.3) is 6.47 Å². The highest BCUT2D eigenvalue weighted by atomic mass is 16.5. The van der Waals surface area contributed by atoms with Crippen molar-refractivity contribution < 1.29 is 19.2 Å². The second-order valence-electron chi connectivity index (χ2n) is 9.46. The number of aromatic nitrogens is 1. The summed E-state index contributed by atoms with van der Waals surface area (Å²) < 4.78 is 5.40. The van der Waals surface area contributed by atoms with Crippen LogP contribution in [-0.2, 0) is 16.1 Å². The van der Waals surface area contributed by atoms with Crippen LogP contribution in [0.5, 0.6) is 0 Å². The quantitative estimate of drug-likeness (QED) is 0.530. The minimum Gasteiger partial charge on any atom is -0.483 e. The molecule has 1 aromatic heterocycles. The van der Waals surface area contributed by atoms with Crippen LogP contribution in [0.3, 0.4) is 0 Å². The van der Waals surface area contributed by atoms with Gasteiger partial charge in [0.05, 0.1) is 11.1 Å². The van der Waals surface area contributed by atoms with Crippen LogP contribution >= 0.6 is 0 Å². The molecule has 1 aromatic rings. The van der Waals surface area contributed by atoms with Crippen LogP contribution in [0.2, 0.25) is 0 Å². The van der Waals surface area contributed by atoms with Crippen molar-refractivity contribution >= 4 is 12.4 Å². The maximum absolute atomic E-state index is 13.6. The predicted molar refractivity (Wildman–Crippen MR) is 122 cm³/mol. The molecule has 1 aliphatic carbocycles. The molecule has 178 valence electrons. The molecule has 2 saturated heterocycles. The fourth-order valence-corrected chi connectivity index (χ4v) is 5.56. The lowest BCUT2D eigenvalue weighted by Crippen LogP contribution is -2.65. The summed E-state index contributed by atoms with van der Waals surface area (Å²) in [7, 11) is 2.18. The molecular weight excluding hydrogens is 408 g/mol. The number of piperidine rings is 2. The SMILES string of the molecule is Cc1noc(C)c1CN1CCC[C@@]2(C(=O)NCC3=CCCCC3)CCN(C)C[C@H]12.O=CO. The standard InChI is InChI=1S/C23H36N4O2.CH2O2/c1-17-20(18(2)29-25-17)15-27-12-7-10-23(11-13-26(3)16-21(23)27)22(28)24-14-19-8-5-4-6-9-19;2-1-3/h8,21H,4-7,9-16H2,1-3H3,(H,24,28);1H,(H,2,3)/t21-,23+;/m0./s1. The minimum atomic E-state index is -0.279. The number of likely N-dealkylation sites (tertiary alicyclic amines) is 2. The fourth-order valence-electron chi connectivity index (χ4n) is 5.56. The minimum absolute atomic E-state index is 0.240. The number of hydrogen-bond donors (Lipinski definition) is 2. The summed E-state index contributed by atoms with van der Waals surface area (Å²) in [5.74, 6) is 1.17. The smallest absolute Gasteiger partial charge is 0.290 e. The first-order chi connectivity index (χ1) is 15.4. The fraction of sp³-hybridized carbons (Fsp3) is 0.708. The highest BCUT2D eigenvalue weighted by Gasteiger charge is 2.52. The van der Waals surface area contributed by atoms with Crippen molar-refractivity contribution in [1.29, 1.82) is 0 Å². The van der Waals surface area contributed by atoms with Crippen LogP contribution in [0, 0.1) is 19.3 Å². The molecule has 3 heterocycles. The molecule has 0 aromatic carbocycles. The Balaban J connectivity index is 0.000000913. The van der Waals surface area contributed by atoms with Gasteiger partial charge in [-0.25, -0.2) is 0 Å². The Morgan fingerprint density at radius 2 is 2.09 bits per heavy atom. The van der Waals surface area contributed by atoms with Crippen molar-refractivity contribution in [2.24, 2.45) is 5.41 Å². The van der Waals surface area contributed by atoms with Crippen molar-refractivity contribution in [1.82, 2.24) is 20.3 Å². The van der Waals surface area contributed by atoms with Gasteiger partial charge in [-0.1, -0.05) is 16.8 Å². The zero-order valence-corrected chi connectivity index (χ0v) is 19.7. The van der Waals surface area contributed by atoms with Crippen LogP contribution in [-0.4, -0.2) is 71.7 Å². The highest BCUT2D eigenvalue weighted by Crippen LogP contribution is 2.43. The van der Waals surface area contributed by atoms with Crippen LogP contribution in [0.1, 0.15) is 62.0 Å². The first-order valence-corrected chi connectivity index (χ1v) is 11.8. The molecule has 4 rings (SSSR count). The van der Waals surface area contributed by atoms with Crippen molar-refractivity contribution in [3.63, 3.8) is 0 Å². The van der Waals surface area contributed by atoms with E-state index in [1.807, 2.05) is 13.8 Å². The van der Waals surface area contributed by atoms with E-state index in [0.717, 1.165) is 76.3 Å². The maximum Gasteiger partial charge on any atom is 0.290 e. The number of rotatable bonds is 5. The number of hydrogen-bond acceptors (Lipinski definition) is 6. The van der Waals surface area contributed by atoms with E-state index in [1.165, 1.54) is 24.0 Å². The van der Waals surface area contributed by atoms with E-state index in [2.05, 4.69) is 33.4 Å². The Morgan fingerprint density at radius 1 is 1.31 bits per heavy atom. The van der Waals surface area contributed by atoms with Gasteiger partial charge in [0.2, 0.25) is 5.91 Å². The Kier molecular flexibility index (Phi) is 8.48. The molecule has 32 heavy (non-hydrogen) atoms. The van der Waals surface area contributed by atoms with Gasteiger partial charge >= 0.3 is 0 Å². The summed E-state index contributed by atoms with van der Waals surface area (Å²) in [5, 5.41) is 14.4. The summed E-state index contributed by atoms with van der Waals surface area (Å²) >= 11 is 0. The average Bonchev–Trinajstić information content (AvgIpc) is 3.11. The Bertz CT molecular complexity index is 801. The second-order valence-corrected chi connectivity index (χ2v) is 9.46. The maximum atomic E-state index is 13.6. The molecule has 0 radical (unpaired) electrons. The Morgan fingerprint density at radius 3 is 2.75 bits per heavy atom. The Hall–Kier alpha value is -2.19. The number of nitrogens with zero attached hydrogens (tertiary/aromatic N) is 3. The molecule has 2 N–H and O–H groups in total. The van der Waals surface area contributed by atoms with E-state index in [4.69, 9.17) is 14.4 Å². The monoisotopic (exact) mass is 446 g/mol. The largest absolute Gasteiger partial charge is 0.483 e. The summed E-state index contributed by atoms with van der Waals surface area (Å²) in [6.45, 7) is 8.27. The predicted octanol–water partition coefficient (Wildman–Crippen LogP) is 2.90. The molecule has 2 atom stereocenters. The van der Waals surface area contributed by atoms with Gasteiger partial charge in [-0.15, -0.1) is 0 Å². The molecular formula is C24H38N4O4. The van der Waals surface area contributed by atoms with Gasteiger partial charge in [-0.3, -0.25) is 14.5 Å². The number of carboxylic acid groups (broad SMARTS) is 1. The molecule has 8 nitrogen and oxygen atoms in total. The number of allylic oxidation sites excluding steroid dienone is 1. The van der Waals surface area contributed by atoms with Crippen molar-refractivity contribution in [3.05, 3.63) is 28.7 Å². The normalized spacial score (nSPS) is 26.3. The third-order valence-electron chi connectivity index (χ3n) is 7.43. The summed E-state index contributed by atoms with van der Waals surface area (Å²) in [5.41, 5.74) is 3.28. The van der Waals surface area contributed by atoms with Crippen LogP contribution in [0.25, 0.3) is 0 Å². The molecule has 0 spiro atoms. The van der Waals surface area contributed by atoms with E-state index < -0.39 is 0 Å². The molecule has 2 fully saturated rings. The Labute approximate surface area is 191 Å². The molecule has 1 amide bonds. The number of carbonyl (C=O) groups excluding carboxylic acids is 1. The van der Waals surface area contributed by atoms with E-state index in [9.17, 15) is 4.79 Å². The van der Waals surface area contributed by atoms with E-state index in [0.29, 0.717) is 0 Å². The molecule has 0 bridgehead atoms. The van der Waals surface area contributed by atoms with Crippen molar-refractivity contribution in [2.75, 3.05) is 33.2 Å². The zero-order chi connectivity index (χ0) is 23.1. The number of aryl methyl sites for hydroxylation is 2. The zero-order valence-electron chi connectivity index (χ0n) is 19.7. The van der Waals surface area contributed by atoms with Gasteiger partial charge < -0.3 is 19.8 Å². The van der Waals surface area contributed by atoms with Crippen LogP contribution in [0.4, 0.5) is 0 Å². The lowest BCUT2D eigenvalue weighted by atomic mass is 9.67. The third kappa shape index (κ3) is 5.41. The number of fused-ring (bicyclic) bond motifs is 1. The number of carbonyl (C=O) groups is 2. The first kappa shape index (κ1) is 24.5. The summed E-state index contributed by atoms with van der Waals surface area (Å²) in [6.07, 6.45) is 10.2. The third-order valence-corrected chi connectivity index (χ3v) is 7.43. The first-order valence-electron chi connectivity index (χ1n) is 11.8. The van der Waals surface area contributed by atoms with Gasteiger partial charge in [0.1, 0.15) is 5.76 Å². The summed E-state index contributed by atoms with van der Waals surface area (Å²) in [6, 6.07) is 0.240. The van der Waals surface area contributed by atoms with E-state index >= 15 is 0 Å². The molecule has 8 heteroatoms. The molecule has 0 unspecified atom stereocenters. The number of nitrogens with one attached hydrogen (secondary N) is 1. The van der Waals surface area contributed by atoms with Crippen LogP contribution in [0.15, 0.2) is 16.2 Å². The number of amides is 1. The van der Waals surface area contributed by atoms with Crippen molar-refractivity contribution in [2.45, 2.75) is 71.4 Å². The second kappa shape index (κ2) is 11.1. The van der Waals surface area contributed by atoms with Crippen molar-refractivity contribution in [3.8, 4) is 0 Å². The highest BCUT2D eigenvalue weighted by molar-refractivity contribution is 5.84. The van der Waals surface area contributed by atoms with Gasteiger partial charge in [0, 0.05) is 31.2 Å². The number of likely N-dealkylation sites (N-methyl/N-ethyl adjacent to an activating group) is 1. The van der Waals surface area contributed by atoms with E-state index in [-0.39, 0.29) is 23.8 Å². The average molecular weight is 447 g/mol. The van der Waals surface area contributed by atoms with Gasteiger partial charge in [-0.2, -0.15) is 0 Å².